The summed E-state index contributed by atoms with van der Waals surface area (Å²) in [6.45, 7) is 1.97. The van der Waals surface area contributed by atoms with Crippen LogP contribution in [-0.2, 0) is 6.42 Å². The van der Waals surface area contributed by atoms with E-state index in [4.69, 9.17) is 4.74 Å². The zero-order valence-electron chi connectivity index (χ0n) is 10.9. The number of methoxy groups -OCH3 is 1. The molecule has 1 unspecified atom stereocenters. The maximum Gasteiger partial charge on any atom is 0.119 e. The van der Waals surface area contributed by atoms with Gasteiger partial charge in [-0.25, -0.2) is 0 Å². The quantitative estimate of drug-likeness (QED) is 0.938. The van der Waals surface area contributed by atoms with Crippen molar-refractivity contribution < 1.29 is 9.84 Å². The summed E-state index contributed by atoms with van der Waals surface area (Å²) >= 11 is 3.49. The number of aromatic nitrogens is 1. The van der Waals surface area contributed by atoms with Gasteiger partial charge in [0.15, 0.2) is 0 Å². The average Bonchev–Trinajstić information content (AvgIpc) is 2.42. The molecule has 19 heavy (non-hydrogen) atoms. The molecule has 1 heterocycles. The number of rotatable bonds is 4. The first-order chi connectivity index (χ1) is 9.10. The van der Waals surface area contributed by atoms with Gasteiger partial charge < -0.3 is 9.84 Å². The van der Waals surface area contributed by atoms with E-state index >= 15 is 0 Å². The van der Waals surface area contributed by atoms with Crippen LogP contribution in [0.1, 0.15) is 22.9 Å². The minimum absolute atomic E-state index is 0.494. The first-order valence-corrected chi connectivity index (χ1v) is 6.82. The second kappa shape index (κ2) is 6.17. The zero-order chi connectivity index (χ0) is 13.8. The number of aliphatic hydroxyl groups is 1. The van der Waals surface area contributed by atoms with Crippen LogP contribution in [-0.4, -0.2) is 17.2 Å². The van der Waals surface area contributed by atoms with Gasteiger partial charge in [0, 0.05) is 17.1 Å². The van der Waals surface area contributed by atoms with E-state index in [0.29, 0.717) is 12.1 Å². The van der Waals surface area contributed by atoms with Crippen molar-refractivity contribution in [2.75, 3.05) is 7.11 Å². The summed E-state index contributed by atoms with van der Waals surface area (Å²) in [6, 6.07) is 9.52. The smallest absolute Gasteiger partial charge is 0.119 e. The van der Waals surface area contributed by atoms with Gasteiger partial charge in [-0.3, -0.25) is 4.98 Å². The highest BCUT2D eigenvalue weighted by Gasteiger charge is 2.12. The third kappa shape index (κ3) is 3.55. The fraction of sp³-hybridized carbons (Fsp3) is 0.267. The van der Waals surface area contributed by atoms with E-state index in [-0.39, 0.29) is 0 Å². The summed E-state index contributed by atoms with van der Waals surface area (Å²) < 4.78 is 6.15. The third-order valence-corrected chi connectivity index (χ3v) is 3.72. The van der Waals surface area contributed by atoms with Crippen LogP contribution >= 0.6 is 15.9 Å². The van der Waals surface area contributed by atoms with Crippen LogP contribution in [0.2, 0.25) is 0 Å². The Labute approximate surface area is 121 Å². The molecular formula is C15H16BrNO2. The molecule has 0 amide bonds. The van der Waals surface area contributed by atoms with Gasteiger partial charge in [-0.05, 0) is 42.3 Å². The van der Waals surface area contributed by atoms with Crippen LogP contribution in [0, 0.1) is 6.92 Å². The molecule has 1 atom stereocenters. The van der Waals surface area contributed by atoms with Gasteiger partial charge >= 0.3 is 0 Å². The second-order valence-corrected chi connectivity index (χ2v) is 5.29. The summed E-state index contributed by atoms with van der Waals surface area (Å²) in [5.41, 5.74) is 2.76. The van der Waals surface area contributed by atoms with Crippen molar-refractivity contribution in [1.82, 2.24) is 4.98 Å². The number of benzene rings is 1. The lowest BCUT2D eigenvalue weighted by Crippen LogP contribution is -2.05. The number of halogens is 1. The van der Waals surface area contributed by atoms with Crippen molar-refractivity contribution >= 4 is 15.9 Å². The van der Waals surface area contributed by atoms with E-state index in [1.54, 1.807) is 13.3 Å². The summed E-state index contributed by atoms with van der Waals surface area (Å²) in [5.74, 6) is 0.780. The molecule has 1 N–H and O–H groups in total. The van der Waals surface area contributed by atoms with Gasteiger partial charge in [-0.2, -0.15) is 0 Å². The van der Waals surface area contributed by atoms with Crippen molar-refractivity contribution in [3.05, 3.63) is 57.8 Å². The van der Waals surface area contributed by atoms with E-state index in [1.807, 2.05) is 37.3 Å². The standard InChI is InChI=1S/C15H16BrNO2/c1-10-3-6-14(17-9-10)15(18)8-11-7-12(19-2)4-5-13(11)16/h3-7,9,15,18H,8H2,1-2H3. The molecule has 0 aliphatic rings. The fourth-order valence-corrected chi connectivity index (χ4v) is 2.23. The molecule has 0 saturated heterocycles. The first kappa shape index (κ1) is 14.0. The number of hydrogen-bond acceptors (Lipinski definition) is 3. The van der Waals surface area contributed by atoms with E-state index in [2.05, 4.69) is 20.9 Å². The molecule has 100 valence electrons. The number of aliphatic hydroxyl groups excluding tert-OH is 1. The molecule has 0 aliphatic heterocycles. The molecule has 0 saturated carbocycles. The number of nitrogens with zero attached hydrogens (tertiary/aromatic N) is 1. The molecule has 0 bridgehead atoms. The number of ether oxygens (including phenoxy) is 1. The Hall–Kier alpha value is -1.39. The summed E-state index contributed by atoms with van der Waals surface area (Å²) in [6.07, 6.45) is 1.64. The molecule has 1 aromatic carbocycles. The number of aryl methyl sites for hydroxylation is 1. The van der Waals surface area contributed by atoms with Gasteiger partial charge in [0.1, 0.15) is 5.75 Å². The fourth-order valence-electron chi connectivity index (χ4n) is 1.82. The highest BCUT2D eigenvalue weighted by molar-refractivity contribution is 9.10. The Morgan fingerprint density at radius 1 is 1.32 bits per heavy atom. The molecule has 3 nitrogen and oxygen atoms in total. The maximum absolute atomic E-state index is 10.2. The number of pyridine rings is 1. The van der Waals surface area contributed by atoms with Crippen molar-refractivity contribution in [3.63, 3.8) is 0 Å². The van der Waals surface area contributed by atoms with E-state index in [0.717, 1.165) is 21.3 Å². The van der Waals surface area contributed by atoms with Crippen LogP contribution < -0.4 is 4.74 Å². The van der Waals surface area contributed by atoms with Crippen molar-refractivity contribution in [2.45, 2.75) is 19.4 Å². The van der Waals surface area contributed by atoms with Crippen LogP contribution in [0.5, 0.6) is 5.75 Å². The summed E-state index contributed by atoms with van der Waals surface area (Å²) in [7, 11) is 1.63. The van der Waals surface area contributed by atoms with Crippen LogP contribution in [0.25, 0.3) is 0 Å². The number of hydrogen-bond donors (Lipinski definition) is 1. The highest BCUT2D eigenvalue weighted by Crippen LogP contribution is 2.26. The van der Waals surface area contributed by atoms with E-state index in [9.17, 15) is 5.11 Å². The highest BCUT2D eigenvalue weighted by atomic mass is 79.9. The topological polar surface area (TPSA) is 42.4 Å². The Morgan fingerprint density at radius 3 is 2.74 bits per heavy atom. The van der Waals surface area contributed by atoms with E-state index < -0.39 is 6.10 Å². The van der Waals surface area contributed by atoms with E-state index in [1.165, 1.54) is 0 Å². The van der Waals surface area contributed by atoms with Crippen molar-refractivity contribution in [3.8, 4) is 5.75 Å². The third-order valence-electron chi connectivity index (χ3n) is 2.94. The monoisotopic (exact) mass is 321 g/mol. The molecule has 1 aromatic heterocycles. The minimum Gasteiger partial charge on any atom is -0.497 e. The van der Waals surface area contributed by atoms with Crippen LogP contribution in [0.15, 0.2) is 41.0 Å². The maximum atomic E-state index is 10.2. The Morgan fingerprint density at radius 2 is 2.11 bits per heavy atom. The minimum atomic E-state index is -0.621. The molecule has 0 spiro atoms. The molecule has 0 radical (unpaired) electrons. The Bertz CT molecular complexity index is 555. The average molecular weight is 322 g/mol. The van der Waals surface area contributed by atoms with Gasteiger partial charge in [0.2, 0.25) is 0 Å². The Balaban J connectivity index is 2.18. The largest absolute Gasteiger partial charge is 0.497 e. The molecule has 4 heteroatoms. The molecule has 0 aliphatic carbocycles. The predicted octanol–water partition coefficient (Wildman–Crippen LogP) is 3.44. The predicted molar refractivity (Wildman–Crippen MR) is 78.3 cm³/mol. The first-order valence-electron chi connectivity index (χ1n) is 6.03. The lowest BCUT2D eigenvalue weighted by molar-refractivity contribution is 0.173. The van der Waals surface area contributed by atoms with Crippen molar-refractivity contribution in [2.24, 2.45) is 0 Å². The second-order valence-electron chi connectivity index (χ2n) is 4.44. The lowest BCUT2D eigenvalue weighted by Gasteiger charge is -2.12. The lowest BCUT2D eigenvalue weighted by atomic mass is 10.0. The summed E-state index contributed by atoms with van der Waals surface area (Å²) in [4.78, 5) is 4.25. The van der Waals surface area contributed by atoms with Crippen LogP contribution in [0.3, 0.4) is 0 Å². The molecule has 0 fully saturated rings. The zero-order valence-corrected chi connectivity index (χ0v) is 12.5. The van der Waals surface area contributed by atoms with Gasteiger partial charge in [-0.1, -0.05) is 22.0 Å². The van der Waals surface area contributed by atoms with Crippen LogP contribution in [0.4, 0.5) is 0 Å². The summed E-state index contributed by atoms with van der Waals surface area (Å²) in [5, 5.41) is 10.2. The molecule has 2 aromatic rings. The SMILES string of the molecule is COc1ccc(Br)c(CC(O)c2ccc(C)cn2)c1. The Kier molecular flexibility index (Phi) is 4.56. The van der Waals surface area contributed by atoms with Gasteiger partial charge in [0.25, 0.3) is 0 Å². The van der Waals surface area contributed by atoms with Gasteiger partial charge in [-0.15, -0.1) is 0 Å². The molecular weight excluding hydrogens is 306 g/mol. The normalized spacial score (nSPS) is 12.2. The van der Waals surface area contributed by atoms with Gasteiger partial charge in [0.05, 0.1) is 18.9 Å². The molecule has 2 rings (SSSR count). The van der Waals surface area contributed by atoms with Crippen molar-refractivity contribution in [1.29, 1.82) is 0 Å².